The Labute approximate surface area is 119 Å². The lowest BCUT2D eigenvalue weighted by Crippen LogP contribution is -1.97. The van der Waals surface area contributed by atoms with Gasteiger partial charge in [0.05, 0.1) is 11.4 Å². The Bertz CT molecular complexity index is 697. The van der Waals surface area contributed by atoms with Crippen LogP contribution in [0.25, 0.3) is 22.5 Å². The number of aryl methyl sites for hydroxylation is 1. The molecule has 3 aromatic rings. The van der Waals surface area contributed by atoms with Gasteiger partial charge in [0.2, 0.25) is 0 Å². The van der Waals surface area contributed by atoms with Crippen molar-refractivity contribution in [3.05, 3.63) is 66.5 Å². The highest BCUT2D eigenvalue weighted by atomic mass is 15.1. The van der Waals surface area contributed by atoms with E-state index in [0.717, 1.165) is 17.9 Å². The van der Waals surface area contributed by atoms with Crippen LogP contribution in [0.3, 0.4) is 0 Å². The van der Waals surface area contributed by atoms with E-state index < -0.39 is 0 Å². The van der Waals surface area contributed by atoms with E-state index >= 15 is 0 Å². The maximum atomic E-state index is 4.84. The number of rotatable bonds is 3. The summed E-state index contributed by atoms with van der Waals surface area (Å²) in [7, 11) is 2.10. The van der Waals surface area contributed by atoms with Gasteiger partial charge in [0.15, 0.2) is 0 Å². The largest absolute Gasteiger partial charge is 0.331 e. The van der Waals surface area contributed by atoms with E-state index in [1.54, 1.807) is 0 Å². The molecule has 0 N–H and O–H groups in total. The van der Waals surface area contributed by atoms with Crippen LogP contribution in [0.5, 0.6) is 0 Å². The van der Waals surface area contributed by atoms with Crippen molar-refractivity contribution in [1.29, 1.82) is 0 Å². The Balaban J connectivity index is 2.25. The Kier molecular flexibility index (Phi) is 3.38. The van der Waals surface area contributed by atoms with Gasteiger partial charge in [-0.15, -0.1) is 0 Å². The monoisotopic (exact) mass is 262 g/mol. The van der Waals surface area contributed by atoms with Gasteiger partial charge in [-0.05, 0) is 0 Å². The molecule has 0 bridgehead atoms. The molecule has 20 heavy (non-hydrogen) atoms. The van der Waals surface area contributed by atoms with Gasteiger partial charge >= 0.3 is 0 Å². The molecule has 3 rings (SSSR count). The fourth-order valence-electron chi connectivity index (χ4n) is 2.58. The first-order chi connectivity index (χ1) is 9.81. The second kappa shape index (κ2) is 5.33. The SMILES string of the molecule is CCc1nc(-c2ccccc2)c(-c2ccccc2)n1C. The minimum atomic E-state index is 0.934. The van der Waals surface area contributed by atoms with Crippen molar-refractivity contribution in [3.8, 4) is 22.5 Å². The summed E-state index contributed by atoms with van der Waals surface area (Å²) in [5.74, 6) is 1.11. The summed E-state index contributed by atoms with van der Waals surface area (Å²) in [4.78, 5) is 4.84. The molecular weight excluding hydrogens is 244 g/mol. The van der Waals surface area contributed by atoms with Gasteiger partial charge in [0, 0.05) is 24.6 Å². The quantitative estimate of drug-likeness (QED) is 0.687. The third kappa shape index (κ3) is 2.14. The average Bonchev–Trinajstić information content (AvgIpc) is 2.86. The molecular formula is C18H18N2. The smallest absolute Gasteiger partial charge is 0.109 e. The minimum absolute atomic E-state index is 0.934. The molecule has 0 aliphatic rings. The Morgan fingerprint density at radius 2 is 1.40 bits per heavy atom. The van der Waals surface area contributed by atoms with Crippen molar-refractivity contribution in [2.24, 2.45) is 7.05 Å². The van der Waals surface area contributed by atoms with Gasteiger partial charge < -0.3 is 4.57 Å². The van der Waals surface area contributed by atoms with E-state index in [4.69, 9.17) is 4.98 Å². The van der Waals surface area contributed by atoms with Crippen LogP contribution in [0.4, 0.5) is 0 Å². The average molecular weight is 262 g/mol. The summed E-state index contributed by atoms with van der Waals surface area (Å²) < 4.78 is 2.21. The standard InChI is InChI=1S/C18H18N2/c1-3-16-19-17(14-10-6-4-7-11-14)18(20(16)2)15-12-8-5-9-13-15/h4-13H,3H2,1-2H3. The summed E-state index contributed by atoms with van der Waals surface area (Å²) in [5.41, 5.74) is 4.63. The first-order valence-electron chi connectivity index (χ1n) is 6.97. The first kappa shape index (κ1) is 12.7. The third-order valence-corrected chi connectivity index (χ3v) is 3.60. The van der Waals surface area contributed by atoms with Gasteiger partial charge in [-0.2, -0.15) is 0 Å². The third-order valence-electron chi connectivity index (χ3n) is 3.60. The number of nitrogens with zero attached hydrogens (tertiary/aromatic N) is 2. The van der Waals surface area contributed by atoms with E-state index in [2.05, 4.69) is 67.1 Å². The second-order valence-corrected chi connectivity index (χ2v) is 4.87. The Morgan fingerprint density at radius 3 is 1.95 bits per heavy atom. The number of aromatic nitrogens is 2. The predicted molar refractivity (Wildman–Crippen MR) is 83.5 cm³/mol. The van der Waals surface area contributed by atoms with E-state index in [1.165, 1.54) is 16.8 Å². The van der Waals surface area contributed by atoms with Gasteiger partial charge in [-0.1, -0.05) is 67.6 Å². The molecule has 0 spiro atoms. The molecule has 0 aliphatic carbocycles. The van der Waals surface area contributed by atoms with E-state index in [0.29, 0.717) is 0 Å². The van der Waals surface area contributed by atoms with Crippen LogP contribution in [0.1, 0.15) is 12.7 Å². The molecule has 2 heteroatoms. The van der Waals surface area contributed by atoms with E-state index in [1.807, 2.05) is 12.1 Å². The minimum Gasteiger partial charge on any atom is -0.331 e. The molecule has 1 aromatic heterocycles. The maximum Gasteiger partial charge on any atom is 0.109 e. The Morgan fingerprint density at radius 1 is 0.850 bits per heavy atom. The van der Waals surface area contributed by atoms with Crippen molar-refractivity contribution in [2.75, 3.05) is 0 Å². The number of imidazole rings is 1. The van der Waals surface area contributed by atoms with Crippen LogP contribution in [0, 0.1) is 0 Å². The molecule has 100 valence electrons. The Hall–Kier alpha value is -2.35. The molecule has 1 heterocycles. The lowest BCUT2D eigenvalue weighted by Gasteiger charge is -2.07. The zero-order valence-corrected chi connectivity index (χ0v) is 11.9. The van der Waals surface area contributed by atoms with E-state index in [9.17, 15) is 0 Å². The van der Waals surface area contributed by atoms with Crippen LogP contribution in [-0.4, -0.2) is 9.55 Å². The van der Waals surface area contributed by atoms with Crippen molar-refractivity contribution >= 4 is 0 Å². The van der Waals surface area contributed by atoms with Crippen LogP contribution in [-0.2, 0) is 13.5 Å². The number of hydrogen-bond acceptors (Lipinski definition) is 1. The van der Waals surface area contributed by atoms with Gasteiger partial charge in [0.25, 0.3) is 0 Å². The zero-order chi connectivity index (χ0) is 13.9. The molecule has 0 radical (unpaired) electrons. The maximum absolute atomic E-state index is 4.84. The number of hydrogen-bond donors (Lipinski definition) is 0. The molecule has 0 aliphatic heterocycles. The van der Waals surface area contributed by atoms with Gasteiger partial charge in [0.1, 0.15) is 5.82 Å². The molecule has 2 aromatic carbocycles. The fraction of sp³-hybridized carbons (Fsp3) is 0.167. The highest BCUT2D eigenvalue weighted by Crippen LogP contribution is 2.32. The summed E-state index contributed by atoms with van der Waals surface area (Å²) in [6, 6.07) is 20.9. The summed E-state index contributed by atoms with van der Waals surface area (Å²) in [5, 5.41) is 0. The van der Waals surface area contributed by atoms with Crippen molar-refractivity contribution in [3.63, 3.8) is 0 Å². The molecule has 2 nitrogen and oxygen atoms in total. The lowest BCUT2D eigenvalue weighted by atomic mass is 10.1. The number of benzene rings is 2. The molecule has 0 saturated heterocycles. The zero-order valence-electron chi connectivity index (χ0n) is 11.9. The molecule has 0 atom stereocenters. The molecule has 0 saturated carbocycles. The summed E-state index contributed by atoms with van der Waals surface area (Å²) >= 11 is 0. The van der Waals surface area contributed by atoms with Crippen LogP contribution < -0.4 is 0 Å². The molecule has 0 unspecified atom stereocenters. The van der Waals surface area contributed by atoms with Crippen molar-refractivity contribution < 1.29 is 0 Å². The molecule has 0 amide bonds. The summed E-state index contributed by atoms with van der Waals surface area (Å²) in [6.07, 6.45) is 0.934. The fourth-order valence-corrected chi connectivity index (χ4v) is 2.58. The topological polar surface area (TPSA) is 17.8 Å². The van der Waals surface area contributed by atoms with Crippen molar-refractivity contribution in [2.45, 2.75) is 13.3 Å². The van der Waals surface area contributed by atoms with Gasteiger partial charge in [-0.25, -0.2) is 4.98 Å². The van der Waals surface area contributed by atoms with Crippen LogP contribution >= 0.6 is 0 Å². The normalized spacial score (nSPS) is 10.7. The lowest BCUT2D eigenvalue weighted by molar-refractivity contribution is 0.813. The van der Waals surface area contributed by atoms with Gasteiger partial charge in [-0.3, -0.25) is 0 Å². The first-order valence-corrected chi connectivity index (χ1v) is 6.97. The predicted octanol–water partition coefficient (Wildman–Crippen LogP) is 4.32. The highest BCUT2D eigenvalue weighted by Gasteiger charge is 2.16. The summed E-state index contributed by atoms with van der Waals surface area (Å²) in [6.45, 7) is 2.14. The van der Waals surface area contributed by atoms with Crippen molar-refractivity contribution in [1.82, 2.24) is 9.55 Å². The second-order valence-electron chi connectivity index (χ2n) is 4.87. The van der Waals surface area contributed by atoms with E-state index in [-0.39, 0.29) is 0 Å². The molecule has 0 fully saturated rings. The van der Waals surface area contributed by atoms with Crippen LogP contribution in [0.15, 0.2) is 60.7 Å². The highest BCUT2D eigenvalue weighted by molar-refractivity contribution is 5.79. The van der Waals surface area contributed by atoms with Crippen LogP contribution in [0.2, 0.25) is 0 Å².